The number of Topliss-reactive ketones (excluding diaryl/α,β-unsaturated/α-hetero) is 1. The molecule has 0 amide bonds. The number of rotatable bonds is 4. The van der Waals surface area contributed by atoms with E-state index in [-0.39, 0.29) is 24.3 Å². The zero-order valence-corrected chi connectivity index (χ0v) is 11.1. The van der Waals surface area contributed by atoms with Gasteiger partial charge < -0.3 is 4.74 Å². The van der Waals surface area contributed by atoms with E-state index >= 15 is 0 Å². The van der Waals surface area contributed by atoms with Crippen LogP contribution in [-0.4, -0.2) is 22.7 Å². The SMILES string of the molecule is O=C(OCCC1CC(=O)C1(Cl)Cl)c1ccccc1. The lowest BCUT2D eigenvalue weighted by Crippen LogP contribution is -2.47. The van der Waals surface area contributed by atoms with E-state index in [2.05, 4.69) is 0 Å². The van der Waals surface area contributed by atoms with Crippen LogP contribution in [0.4, 0.5) is 0 Å². The standard InChI is InChI=1S/C13H12Cl2O3/c14-13(15)10(8-11(13)16)6-7-18-12(17)9-4-2-1-3-5-9/h1-5,10H,6-8H2. The lowest BCUT2D eigenvalue weighted by molar-refractivity contribution is -0.128. The van der Waals surface area contributed by atoms with Crippen molar-refractivity contribution in [2.75, 3.05) is 6.61 Å². The molecule has 96 valence electrons. The van der Waals surface area contributed by atoms with E-state index in [4.69, 9.17) is 27.9 Å². The van der Waals surface area contributed by atoms with Gasteiger partial charge in [-0.2, -0.15) is 0 Å². The van der Waals surface area contributed by atoms with Crippen molar-refractivity contribution in [1.82, 2.24) is 0 Å². The third-order valence-electron chi connectivity index (χ3n) is 3.03. The van der Waals surface area contributed by atoms with Gasteiger partial charge in [0.15, 0.2) is 10.1 Å². The molecule has 1 aromatic rings. The van der Waals surface area contributed by atoms with Crippen LogP contribution >= 0.6 is 23.2 Å². The average Bonchev–Trinajstić information content (AvgIpc) is 2.38. The Hall–Kier alpha value is -1.06. The van der Waals surface area contributed by atoms with Crippen LogP contribution in [0, 0.1) is 5.92 Å². The van der Waals surface area contributed by atoms with Crippen molar-refractivity contribution in [3.63, 3.8) is 0 Å². The fraction of sp³-hybridized carbons (Fsp3) is 0.385. The Morgan fingerprint density at radius 1 is 1.33 bits per heavy atom. The molecule has 0 radical (unpaired) electrons. The predicted octanol–water partition coefficient (Wildman–Crippen LogP) is 3.00. The van der Waals surface area contributed by atoms with E-state index in [1.807, 2.05) is 6.07 Å². The summed E-state index contributed by atoms with van der Waals surface area (Å²) in [5.41, 5.74) is 0.505. The Morgan fingerprint density at radius 2 is 2.00 bits per heavy atom. The molecular weight excluding hydrogens is 275 g/mol. The summed E-state index contributed by atoms with van der Waals surface area (Å²) < 4.78 is 3.80. The smallest absolute Gasteiger partial charge is 0.338 e. The zero-order valence-electron chi connectivity index (χ0n) is 9.57. The first-order valence-corrected chi connectivity index (χ1v) is 6.40. The molecule has 0 N–H and O–H groups in total. The molecule has 1 unspecified atom stereocenters. The van der Waals surface area contributed by atoms with Crippen LogP contribution in [-0.2, 0) is 9.53 Å². The van der Waals surface area contributed by atoms with Crippen LogP contribution in [0.5, 0.6) is 0 Å². The highest BCUT2D eigenvalue weighted by Crippen LogP contribution is 2.46. The minimum atomic E-state index is -1.29. The quantitative estimate of drug-likeness (QED) is 0.631. The van der Waals surface area contributed by atoms with Gasteiger partial charge in [-0.15, -0.1) is 0 Å². The Bertz CT molecular complexity index is 457. The van der Waals surface area contributed by atoms with Crippen LogP contribution in [0.1, 0.15) is 23.2 Å². The first-order chi connectivity index (χ1) is 8.51. The Labute approximate surface area is 115 Å². The van der Waals surface area contributed by atoms with E-state index in [0.717, 1.165) is 0 Å². The second-order valence-electron chi connectivity index (χ2n) is 4.24. The van der Waals surface area contributed by atoms with Crippen molar-refractivity contribution in [1.29, 1.82) is 0 Å². The molecule has 1 fully saturated rings. The van der Waals surface area contributed by atoms with Crippen LogP contribution in [0.3, 0.4) is 0 Å². The van der Waals surface area contributed by atoms with Gasteiger partial charge in [0.25, 0.3) is 0 Å². The van der Waals surface area contributed by atoms with Crippen LogP contribution in [0.15, 0.2) is 30.3 Å². The van der Waals surface area contributed by atoms with E-state index in [9.17, 15) is 9.59 Å². The van der Waals surface area contributed by atoms with Gasteiger partial charge in [-0.25, -0.2) is 4.79 Å². The summed E-state index contributed by atoms with van der Waals surface area (Å²) in [6.45, 7) is 0.215. The molecule has 2 rings (SSSR count). The van der Waals surface area contributed by atoms with Gasteiger partial charge in [0.1, 0.15) is 0 Å². The summed E-state index contributed by atoms with van der Waals surface area (Å²) in [4.78, 5) is 22.7. The molecule has 1 saturated carbocycles. The Kier molecular flexibility index (Phi) is 3.93. The maximum absolute atomic E-state index is 11.6. The number of ether oxygens (including phenoxy) is 1. The highest BCUT2D eigenvalue weighted by molar-refractivity contribution is 6.60. The second-order valence-corrected chi connectivity index (χ2v) is 5.62. The highest BCUT2D eigenvalue weighted by Gasteiger charge is 2.51. The number of carbonyl (C=O) groups is 2. The molecule has 3 nitrogen and oxygen atoms in total. The van der Waals surface area contributed by atoms with Gasteiger partial charge in [-0.3, -0.25) is 4.79 Å². The molecule has 0 spiro atoms. The predicted molar refractivity (Wildman–Crippen MR) is 68.9 cm³/mol. The molecular formula is C13H12Cl2O3. The van der Waals surface area contributed by atoms with Crippen molar-refractivity contribution in [2.24, 2.45) is 5.92 Å². The van der Waals surface area contributed by atoms with E-state index in [1.165, 1.54) is 0 Å². The number of halogens is 2. The van der Waals surface area contributed by atoms with Gasteiger partial charge in [-0.05, 0) is 18.6 Å². The Balaban J connectivity index is 1.77. The number of esters is 1. The van der Waals surface area contributed by atoms with E-state index in [1.54, 1.807) is 24.3 Å². The minimum absolute atomic E-state index is 0.128. The lowest BCUT2D eigenvalue weighted by atomic mass is 9.80. The lowest BCUT2D eigenvalue weighted by Gasteiger charge is -2.37. The van der Waals surface area contributed by atoms with Crippen LogP contribution in [0.25, 0.3) is 0 Å². The maximum atomic E-state index is 11.6. The third kappa shape index (κ3) is 2.68. The summed E-state index contributed by atoms with van der Waals surface area (Å²) in [7, 11) is 0. The molecule has 1 aliphatic carbocycles. The number of hydrogen-bond donors (Lipinski definition) is 0. The van der Waals surface area contributed by atoms with Crippen LogP contribution < -0.4 is 0 Å². The fourth-order valence-corrected chi connectivity index (χ4v) is 2.35. The number of alkyl halides is 2. The van der Waals surface area contributed by atoms with Crippen molar-refractivity contribution in [2.45, 2.75) is 17.2 Å². The zero-order chi connectivity index (χ0) is 13.2. The largest absolute Gasteiger partial charge is 0.462 e. The van der Waals surface area contributed by atoms with Gasteiger partial charge in [0.2, 0.25) is 0 Å². The van der Waals surface area contributed by atoms with Crippen molar-refractivity contribution < 1.29 is 14.3 Å². The summed E-state index contributed by atoms with van der Waals surface area (Å²) in [6.07, 6.45) is 0.854. The molecule has 1 aromatic carbocycles. The minimum Gasteiger partial charge on any atom is -0.462 e. The monoisotopic (exact) mass is 286 g/mol. The first kappa shape index (κ1) is 13.4. The summed E-state index contributed by atoms with van der Waals surface area (Å²) in [5.74, 6) is -0.668. The average molecular weight is 287 g/mol. The van der Waals surface area contributed by atoms with Crippen molar-refractivity contribution in [3.05, 3.63) is 35.9 Å². The summed E-state index contributed by atoms with van der Waals surface area (Å²) in [5, 5.41) is 0. The molecule has 5 heteroatoms. The number of hydrogen-bond acceptors (Lipinski definition) is 3. The van der Waals surface area contributed by atoms with Crippen molar-refractivity contribution in [3.8, 4) is 0 Å². The number of ketones is 1. The molecule has 0 aromatic heterocycles. The first-order valence-electron chi connectivity index (χ1n) is 5.65. The highest BCUT2D eigenvalue weighted by atomic mass is 35.5. The second kappa shape index (κ2) is 5.29. The molecule has 0 heterocycles. The molecule has 0 aliphatic heterocycles. The van der Waals surface area contributed by atoms with Crippen LogP contribution in [0.2, 0.25) is 0 Å². The van der Waals surface area contributed by atoms with Gasteiger partial charge in [0, 0.05) is 12.3 Å². The topological polar surface area (TPSA) is 43.4 Å². The molecule has 0 saturated heterocycles. The third-order valence-corrected chi connectivity index (χ3v) is 4.06. The summed E-state index contributed by atoms with van der Waals surface area (Å²) >= 11 is 11.7. The molecule has 0 bridgehead atoms. The maximum Gasteiger partial charge on any atom is 0.338 e. The van der Waals surface area contributed by atoms with Crippen molar-refractivity contribution >= 4 is 35.0 Å². The fourth-order valence-electron chi connectivity index (χ4n) is 1.82. The molecule has 18 heavy (non-hydrogen) atoms. The Morgan fingerprint density at radius 3 is 2.56 bits per heavy atom. The van der Waals surface area contributed by atoms with Gasteiger partial charge in [0.05, 0.1) is 12.2 Å². The van der Waals surface area contributed by atoms with E-state index in [0.29, 0.717) is 18.4 Å². The number of benzene rings is 1. The molecule has 1 aliphatic rings. The number of carbonyl (C=O) groups excluding carboxylic acids is 2. The van der Waals surface area contributed by atoms with Gasteiger partial charge >= 0.3 is 5.97 Å². The van der Waals surface area contributed by atoms with Gasteiger partial charge in [-0.1, -0.05) is 41.4 Å². The molecule has 1 atom stereocenters. The summed E-state index contributed by atoms with van der Waals surface area (Å²) in [6, 6.07) is 8.73. The normalized spacial score (nSPS) is 21.2. The van der Waals surface area contributed by atoms with E-state index < -0.39 is 4.33 Å².